The van der Waals surface area contributed by atoms with Crippen LogP contribution in [-0.2, 0) is 19.6 Å². The van der Waals surface area contributed by atoms with Crippen molar-refractivity contribution in [2.75, 3.05) is 31.1 Å². The van der Waals surface area contributed by atoms with Gasteiger partial charge in [-0.25, -0.2) is 0 Å². The Balaban J connectivity index is 1.54. The van der Waals surface area contributed by atoms with E-state index in [1.165, 1.54) is 22.4 Å². The van der Waals surface area contributed by atoms with E-state index in [1.54, 1.807) is 0 Å². The maximum Gasteiger partial charge on any atom is 0.0451 e. The predicted molar refractivity (Wildman–Crippen MR) is 95.9 cm³/mol. The molecule has 1 fully saturated rings. The lowest BCUT2D eigenvalue weighted by Gasteiger charge is -2.31. The van der Waals surface area contributed by atoms with Crippen LogP contribution in [0.5, 0.6) is 0 Å². The first kappa shape index (κ1) is 15.0. The Morgan fingerprint density at radius 1 is 0.957 bits per heavy atom. The van der Waals surface area contributed by atoms with Gasteiger partial charge in [0.1, 0.15) is 0 Å². The lowest BCUT2D eigenvalue weighted by molar-refractivity contribution is 0.275. The summed E-state index contributed by atoms with van der Waals surface area (Å²) in [6.07, 6.45) is 0. The molecular formula is C19H22ClN3. The van der Waals surface area contributed by atoms with Gasteiger partial charge in [0, 0.05) is 56.5 Å². The highest BCUT2D eigenvalue weighted by Gasteiger charge is 2.24. The zero-order valence-corrected chi connectivity index (χ0v) is 14.0. The van der Waals surface area contributed by atoms with Gasteiger partial charge in [0.2, 0.25) is 0 Å². The van der Waals surface area contributed by atoms with Gasteiger partial charge in [-0.05, 0) is 28.8 Å². The number of nitrogens with zero attached hydrogens (tertiary/aromatic N) is 2. The van der Waals surface area contributed by atoms with Crippen LogP contribution < -0.4 is 10.2 Å². The summed E-state index contributed by atoms with van der Waals surface area (Å²) >= 11 is 6.33. The molecule has 0 radical (unpaired) electrons. The highest BCUT2D eigenvalue weighted by atomic mass is 35.5. The predicted octanol–water partition coefficient (Wildman–Crippen LogP) is 3.27. The number of hydrogen-bond donors (Lipinski definition) is 1. The van der Waals surface area contributed by atoms with Crippen molar-refractivity contribution in [1.29, 1.82) is 0 Å². The van der Waals surface area contributed by atoms with Crippen LogP contribution in [-0.4, -0.2) is 31.1 Å². The maximum absolute atomic E-state index is 6.33. The molecule has 0 atom stereocenters. The second-order valence-corrected chi connectivity index (χ2v) is 6.80. The number of anilines is 1. The van der Waals surface area contributed by atoms with Crippen LogP contribution in [0, 0.1) is 0 Å². The summed E-state index contributed by atoms with van der Waals surface area (Å²) in [5.74, 6) is 0. The number of fused-ring (bicyclic) bond motifs is 1. The number of hydrogen-bond acceptors (Lipinski definition) is 3. The summed E-state index contributed by atoms with van der Waals surface area (Å²) in [7, 11) is 0. The van der Waals surface area contributed by atoms with Gasteiger partial charge in [0.05, 0.1) is 0 Å². The van der Waals surface area contributed by atoms with Crippen LogP contribution in [0.1, 0.15) is 16.7 Å². The normalized spacial score (nSPS) is 18.2. The second kappa shape index (κ2) is 6.52. The van der Waals surface area contributed by atoms with Crippen molar-refractivity contribution in [3.8, 4) is 0 Å². The number of benzene rings is 2. The molecule has 0 spiro atoms. The average molecular weight is 328 g/mol. The molecule has 0 aromatic heterocycles. The molecule has 2 heterocycles. The van der Waals surface area contributed by atoms with E-state index < -0.39 is 0 Å². The van der Waals surface area contributed by atoms with Gasteiger partial charge < -0.3 is 10.2 Å². The first-order valence-corrected chi connectivity index (χ1v) is 8.71. The van der Waals surface area contributed by atoms with E-state index in [0.717, 1.165) is 50.8 Å². The molecule has 0 amide bonds. The summed E-state index contributed by atoms with van der Waals surface area (Å²) in [4.78, 5) is 5.01. The fourth-order valence-electron chi connectivity index (χ4n) is 3.65. The second-order valence-electron chi connectivity index (χ2n) is 6.39. The van der Waals surface area contributed by atoms with Crippen LogP contribution in [0.15, 0.2) is 42.5 Å². The number of nitrogens with one attached hydrogen (secondary N) is 1. The van der Waals surface area contributed by atoms with E-state index in [-0.39, 0.29) is 0 Å². The lowest BCUT2D eigenvalue weighted by atomic mass is 10.1. The van der Waals surface area contributed by atoms with Gasteiger partial charge in [-0.15, -0.1) is 0 Å². The van der Waals surface area contributed by atoms with Gasteiger partial charge in [-0.3, -0.25) is 4.90 Å². The SMILES string of the molecule is Clc1ccccc1CN1Cc2cccc(N3CCNCC3)c2C1. The van der Waals surface area contributed by atoms with Crippen LogP contribution >= 0.6 is 11.6 Å². The van der Waals surface area contributed by atoms with Gasteiger partial charge >= 0.3 is 0 Å². The monoisotopic (exact) mass is 327 g/mol. The van der Waals surface area contributed by atoms with Gasteiger partial charge in [-0.2, -0.15) is 0 Å². The zero-order chi connectivity index (χ0) is 15.6. The third-order valence-electron chi connectivity index (χ3n) is 4.83. The van der Waals surface area contributed by atoms with Crippen molar-refractivity contribution >= 4 is 17.3 Å². The molecule has 2 aromatic rings. The molecule has 0 saturated carbocycles. The van der Waals surface area contributed by atoms with E-state index in [1.807, 2.05) is 12.1 Å². The van der Waals surface area contributed by atoms with Crippen LogP contribution in [0.4, 0.5) is 5.69 Å². The van der Waals surface area contributed by atoms with Crippen LogP contribution in [0.3, 0.4) is 0 Å². The molecular weight excluding hydrogens is 306 g/mol. The van der Waals surface area contributed by atoms with Crippen molar-refractivity contribution in [3.63, 3.8) is 0 Å². The van der Waals surface area contributed by atoms with E-state index >= 15 is 0 Å². The largest absolute Gasteiger partial charge is 0.369 e. The Kier molecular flexibility index (Phi) is 4.25. The molecule has 2 aliphatic heterocycles. The van der Waals surface area contributed by atoms with Crippen molar-refractivity contribution in [2.45, 2.75) is 19.6 Å². The Labute approximate surface area is 142 Å². The van der Waals surface area contributed by atoms with E-state index in [2.05, 4.69) is 45.4 Å². The first-order valence-electron chi connectivity index (χ1n) is 8.33. The molecule has 0 aliphatic carbocycles. The van der Waals surface area contributed by atoms with Crippen molar-refractivity contribution in [3.05, 3.63) is 64.2 Å². The Bertz CT molecular complexity index is 695. The fourth-order valence-corrected chi connectivity index (χ4v) is 3.85. The summed E-state index contributed by atoms with van der Waals surface area (Å²) in [5, 5.41) is 4.30. The Morgan fingerprint density at radius 3 is 2.61 bits per heavy atom. The molecule has 4 rings (SSSR count). The summed E-state index contributed by atoms with van der Waals surface area (Å²) < 4.78 is 0. The van der Waals surface area contributed by atoms with Crippen LogP contribution in [0.25, 0.3) is 0 Å². The van der Waals surface area contributed by atoms with E-state index in [0.29, 0.717) is 0 Å². The van der Waals surface area contributed by atoms with Crippen molar-refractivity contribution < 1.29 is 0 Å². The minimum absolute atomic E-state index is 0.866. The summed E-state index contributed by atoms with van der Waals surface area (Å²) in [6.45, 7) is 7.29. The maximum atomic E-state index is 6.33. The molecule has 120 valence electrons. The fraction of sp³-hybridized carbons (Fsp3) is 0.368. The van der Waals surface area contributed by atoms with E-state index in [4.69, 9.17) is 11.6 Å². The van der Waals surface area contributed by atoms with Crippen molar-refractivity contribution in [2.24, 2.45) is 0 Å². The molecule has 23 heavy (non-hydrogen) atoms. The minimum Gasteiger partial charge on any atom is -0.369 e. The molecule has 1 saturated heterocycles. The van der Waals surface area contributed by atoms with Gasteiger partial charge in [0.25, 0.3) is 0 Å². The number of halogens is 1. The topological polar surface area (TPSA) is 18.5 Å². The van der Waals surface area contributed by atoms with Crippen LogP contribution in [0.2, 0.25) is 5.02 Å². The molecule has 2 aromatic carbocycles. The smallest absolute Gasteiger partial charge is 0.0451 e. The molecule has 0 bridgehead atoms. The zero-order valence-electron chi connectivity index (χ0n) is 13.3. The molecule has 4 heteroatoms. The molecule has 2 aliphatic rings. The Morgan fingerprint density at radius 2 is 1.78 bits per heavy atom. The summed E-state index contributed by atoms with van der Waals surface area (Å²) in [6, 6.07) is 14.9. The van der Waals surface area contributed by atoms with E-state index in [9.17, 15) is 0 Å². The lowest BCUT2D eigenvalue weighted by Crippen LogP contribution is -2.43. The molecule has 0 unspecified atom stereocenters. The first-order chi connectivity index (χ1) is 11.3. The molecule has 1 N–H and O–H groups in total. The Hall–Kier alpha value is -1.55. The molecule has 3 nitrogen and oxygen atoms in total. The highest BCUT2D eigenvalue weighted by Crippen LogP contribution is 2.33. The standard InChI is InChI=1S/C19H22ClN3/c20-18-6-2-1-4-16(18)13-22-12-15-5-3-7-19(17(15)14-22)23-10-8-21-9-11-23/h1-7,21H,8-14H2. The number of rotatable bonds is 3. The minimum atomic E-state index is 0.866. The third-order valence-corrected chi connectivity index (χ3v) is 5.20. The number of piperazine rings is 1. The average Bonchev–Trinajstić information content (AvgIpc) is 3.00. The summed E-state index contributed by atoms with van der Waals surface area (Å²) in [5.41, 5.74) is 5.60. The quantitative estimate of drug-likeness (QED) is 0.933. The van der Waals surface area contributed by atoms with Crippen molar-refractivity contribution in [1.82, 2.24) is 10.2 Å². The van der Waals surface area contributed by atoms with Gasteiger partial charge in [0.15, 0.2) is 0 Å². The third kappa shape index (κ3) is 3.09. The van der Waals surface area contributed by atoms with Gasteiger partial charge in [-0.1, -0.05) is 41.9 Å². The highest BCUT2D eigenvalue weighted by molar-refractivity contribution is 6.31.